The monoisotopic (exact) mass is 454 g/mol. The van der Waals surface area contributed by atoms with Gasteiger partial charge in [0.1, 0.15) is 12.4 Å². The summed E-state index contributed by atoms with van der Waals surface area (Å²) < 4.78 is 11.9. The topological polar surface area (TPSA) is 80.2 Å². The zero-order valence-corrected chi connectivity index (χ0v) is 17.2. The van der Waals surface area contributed by atoms with E-state index in [2.05, 4.69) is 26.5 Å². The van der Waals surface area contributed by atoms with E-state index in [4.69, 9.17) is 9.47 Å². The molecule has 2 N–H and O–H groups in total. The van der Waals surface area contributed by atoms with Gasteiger partial charge >= 0.3 is 0 Å². The van der Waals surface area contributed by atoms with E-state index in [9.17, 15) is 9.90 Å². The molecule has 6 nitrogen and oxygen atoms in total. The molecule has 0 aliphatic carbocycles. The van der Waals surface area contributed by atoms with Crippen molar-refractivity contribution in [1.29, 1.82) is 0 Å². The van der Waals surface area contributed by atoms with Crippen molar-refractivity contribution in [1.82, 2.24) is 5.43 Å². The Morgan fingerprint density at radius 1 is 1.10 bits per heavy atom. The van der Waals surface area contributed by atoms with Crippen LogP contribution in [0, 0.1) is 0 Å². The third kappa shape index (κ3) is 5.58. The molecule has 0 spiro atoms. The molecule has 0 atom stereocenters. The number of carbonyl (C=O) groups is 1. The van der Waals surface area contributed by atoms with E-state index in [0.717, 1.165) is 5.56 Å². The quantitative estimate of drug-likeness (QED) is 0.406. The number of ether oxygens (including phenoxy) is 2. The van der Waals surface area contributed by atoms with Crippen LogP contribution in [0.1, 0.15) is 21.5 Å². The number of aromatic hydroxyl groups is 1. The maximum atomic E-state index is 12.2. The largest absolute Gasteiger partial charge is 0.507 e. The molecule has 0 bridgehead atoms. The van der Waals surface area contributed by atoms with Crippen molar-refractivity contribution >= 4 is 28.1 Å². The third-order valence-corrected chi connectivity index (χ3v) is 4.50. The Hall–Kier alpha value is -3.32. The van der Waals surface area contributed by atoms with Gasteiger partial charge < -0.3 is 14.6 Å². The molecule has 7 heteroatoms. The first-order valence-electron chi connectivity index (χ1n) is 8.73. The summed E-state index contributed by atoms with van der Waals surface area (Å²) in [6.07, 6.45) is 1.48. The number of amides is 1. The Kier molecular flexibility index (Phi) is 6.86. The van der Waals surface area contributed by atoms with Gasteiger partial charge in [-0.3, -0.25) is 4.79 Å². The molecule has 0 radical (unpaired) electrons. The molecule has 0 heterocycles. The lowest BCUT2D eigenvalue weighted by atomic mass is 10.2. The van der Waals surface area contributed by atoms with E-state index < -0.39 is 5.91 Å². The van der Waals surface area contributed by atoms with Gasteiger partial charge in [-0.15, -0.1) is 0 Å². The molecule has 1 amide bonds. The number of hydrogen-bond donors (Lipinski definition) is 2. The van der Waals surface area contributed by atoms with Crippen LogP contribution in [0.15, 0.2) is 76.3 Å². The Bertz CT molecular complexity index is 1020. The van der Waals surface area contributed by atoms with Crippen molar-refractivity contribution in [2.75, 3.05) is 7.11 Å². The summed E-state index contributed by atoms with van der Waals surface area (Å²) in [5.41, 5.74) is 4.29. The number of phenols is 1. The summed E-state index contributed by atoms with van der Waals surface area (Å²) in [5.74, 6) is 0.523. The first-order chi connectivity index (χ1) is 14.1. The van der Waals surface area contributed by atoms with Gasteiger partial charge in [0, 0.05) is 4.47 Å². The normalized spacial score (nSPS) is 10.7. The van der Waals surface area contributed by atoms with Crippen LogP contribution in [0.5, 0.6) is 17.2 Å². The number of nitrogens with zero attached hydrogens (tertiary/aromatic N) is 1. The summed E-state index contributed by atoms with van der Waals surface area (Å²) in [6, 6.07) is 19.8. The lowest BCUT2D eigenvalue weighted by Crippen LogP contribution is -2.17. The highest BCUT2D eigenvalue weighted by Gasteiger charge is 2.11. The minimum atomic E-state index is -0.519. The molecule has 0 saturated heterocycles. The predicted molar refractivity (Wildman–Crippen MR) is 115 cm³/mol. The minimum Gasteiger partial charge on any atom is -0.507 e. The van der Waals surface area contributed by atoms with Crippen LogP contribution in [-0.2, 0) is 6.61 Å². The minimum absolute atomic E-state index is 0.123. The Morgan fingerprint density at radius 2 is 1.90 bits per heavy atom. The Balaban J connectivity index is 1.65. The van der Waals surface area contributed by atoms with Crippen molar-refractivity contribution in [3.05, 3.63) is 87.9 Å². The molecule has 0 aliphatic rings. The number of nitrogens with one attached hydrogen (secondary N) is 1. The number of benzene rings is 3. The van der Waals surface area contributed by atoms with E-state index >= 15 is 0 Å². The highest BCUT2D eigenvalue weighted by Crippen LogP contribution is 2.28. The van der Waals surface area contributed by atoms with Gasteiger partial charge in [0.05, 0.1) is 18.9 Å². The van der Waals surface area contributed by atoms with E-state index in [1.165, 1.54) is 18.3 Å². The van der Waals surface area contributed by atoms with Gasteiger partial charge in [0.2, 0.25) is 0 Å². The van der Waals surface area contributed by atoms with Crippen molar-refractivity contribution in [3.63, 3.8) is 0 Å². The average molecular weight is 455 g/mol. The molecule has 3 aromatic rings. The van der Waals surface area contributed by atoms with Crippen LogP contribution in [-0.4, -0.2) is 24.3 Å². The zero-order chi connectivity index (χ0) is 20.6. The molecule has 0 aromatic heterocycles. The average Bonchev–Trinajstić information content (AvgIpc) is 2.75. The fourth-order valence-corrected chi connectivity index (χ4v) is 2.90. The number of hydrogen-bond acceptors (Lipinski definition) is 5. The lowest BCUT2D eigenvalue weighted by molar-refractivity contribution is 0.0952. The second-order valence-electron chi connectivity index (χ2n) is 6.05. The second-order valence-corrected chi connectivity index (χ2v) is 6.96. The molecule has 0 aliphatic heterocycles. The van der Waals surface area contributed by atoms with E-state index in [0.29, 0.717) is 28.1 Å². The van der Waals surface area contributed by atoms with Crippen LogP contribution in [0.4, 0.5) is 0 Å². The first kappa shape index (κ1) is 20.4. The fourth-order valence-electron chi connectivity index (χ4n) is 2.53. The number of phenolic OH excluding ortho intramolecular Hbond substituents is 1. The van der Waals surface area contributed by atoms with Gasteiger partial charge in [-0.1, -0.05) is 46.3 Å². The Morgan fingerprint density at radius 3 is 2.66 bits per heavy atom. The van der Waals surface area contributed by atoms with Crippen molar-refractivity contribution < 1.29 is 19.4 Å². The maximum Gasteiger partial charge on any atom is 0.275 e. The fraction of sp³-hybridized carbons (Fsp3) is 0.0909. The van der Waals surface area contributed by atoms with Crippen LogP contribution in [0.25, 0.3) is 0 Å². The molecular formula is C22H19BrN2O4. The highest BCUT2D eigenvalue weighted by molar-refractivity contribution is 9.10. The van der Waals surface area contributed by atoms with Gasteiger partial charge in [-0.25, -0.2) is 5.43 Å². The summed E-state index contributed by atoms with van der Waals surface area (Å²) in [6.45, 7) is 0.427. The van der Waals surface area contributed by atoms with Crippen molar-refractivity contribution in [3.8, 4) is 17.2 Å². The molecule has 0 unspecified atom stereocenters. The Labute approximate surface area is 176 Å². The third-order valence-electron chi connectivity index (χ3n) is 4.01. The summed E-state index contributed by atoms with van der Waals surface area (Å²) in [4.78, 5) is 12.2. The van der Waals surface area contributed by atoms with E-state index in [1.807, 2.05) is 30.3 Å². The van der Waals surface area contributed by atoms with Crippen LogP contribution >= 0.6 is 15.9 Å². The molecule has 29 heavy (non-hydrogen) atoms. The molecule has 148 valence electrons. The number of hydrazone groups is 1. The zero-order valence-electron chi connectivity index (χ0n) is 15.6. The number of halogens is 1. The van der Waals surface area contributed by atoms with Crippen LogP contribution in [0.3, 0.4) is 0 Å². The second kappa shape index (κ2) is 9.75. The number of rotatable bonds is 7. The first-order valence-corrected chi connectivity index (χ1v) is 9.53. The molecule has 3 rings (SSSR count). The summed E-state index contributed by atoms with van der Waals surface area (Å²) in [5, 5.41) is 13.7. The van der Waals surface area contributed by atoms with Crippen molar-refractivity contribution in [2.24, 2.45) is 5.10 Å². The summed E-state index contributed by atoms with van der Waals surface area (Å²) in [7, 11) is 1.56. The molecular weight excluding hydrogens is 436 g/mol. The van der Waals surface area contributed by atoms with Gasteiger partial charge in [-0.2, -0.15) is 5.10 Å². The van der Waals surface area contributed by atoms with E-state index in [1.54, 1.807) is 31.4 Å². The van der Waals surface area contributed by atoms with Crippen LogP contribution < -0.4 is 14.9 Å². The summed E-state index contributed by atoms with van der Waals surface area (Å²) >= 11 is 3.26. The molecule has 0 saturated carbocycles. The number of carbonyl (C=O) groups excluding carboxylic acids is 1. The molecule has 0 fully saturated rings. The number of methoxy groups -OCH3 is 1. The van der Waals surface area contributed by atoms with Gasteiger partial charge in [0.15, 0.2) is 11.5 Å². The maximum absolute atomic E-state index is 12.2. The SMILES string of the molecule is COc1cc(/C=N/NC(=O)c2cc(Br)ccc2O)ccc1OCc1ccccc1. The van der Waals surface area contributed by atoms with Gasteiger partial charge in [-0.05, 0) is 47.5 Å². The molecule has 3 aromatic carbocycles. The smallest absolute Gasteiger partial charge is 0.275 e. The standard InChI is InChI=1S/C22H19BrN2O4/c1-28-21-11-16(7-10-20(21)29-14-15-5-3-2-4-6-15)13-24-25-22(27)18-12-17(23)8-9-19(18)26/h2-13,26H,14H2,1H3,(H,25,27)/b24-13+. The lowest BCUT2D eigenvalue weighted by Gasteiger charge is -2.11. The van der Waals surface area contributed by atoms with Gasteiger partial charge in [0.25, 0.3) is 5.91 Å². The van der Waals surface area contributed by atoms with Crippen LogP contribution in [0.2, 0.25) is 0 Å². The highest BCUT2D eigenvalue weighted by atomic mass is 79.9. The predicted octanol–water partition coefficient (Wildman–Crippen LogP) is 4.51. The van der Waals surface area contributed by atoms with Crippen molar-refractivity contribution in [2.45, 2.75) is 6.61 Å². The van der Waals surface area contributed by atoms with E-state index in [-0.39, 0.29) is 11.3 Å².